The predicted molar refractivity (Wildman–Crippen MR) is 85.4 cm³/mol. The lowest BCUT2D eigenvalue weighted by molar-refractivity contribution is -0.125. The zero-order chi connectivity index (χ0) is 15.2. The summed E-state index contributed by atoms with van der Waals surface area (Å²) in [5, 5.41) is 3.14. The topological polar surface area (TPSA) is 55.1 Å². The average molecular weight is 282 g/mol. The molecule has 1 amide bonds. The van der Waals surface area contributed by atoms with E-state index in [1.54, 1.807) is 0 Å². The standard InChI is InChI=1S/C17H34N2O/c1-5-13-6-8-14(9-7-13)12-19-16(20)15(11-18)10-17(2,3)4/h13-15H,5-12,18H2,1-4H3,(H,19,20). The van der Waals surface area contributed by atoms with Crippen molar-refractivity contribution in [1.82, 2.24) is 5.32 Å². The Morgan fingerprint density at radius 2 is 1.75 bits per heavy atom. The van der Waals surface area contributed by atoms with Gasteiger partial charge < -0.3 is 11.1 Å². The van der Waals surface area contributed by atoms with Gasteiger partial charge in [0.15, 0.2) is 0 Å². The smallest absolute Gasteiger partial charge is 0.224 e. The van der Waals surface area contributed by atoms with E-state index in [0.29, 0.717) is 12.5 Å². The van der Waals surface area contributed by atoms with Crippen LogP contribution in [-0.2, 0) is 4.79 Å². The van der Waals surface area contributed by atoms with Gasteiger partial charge in [-0.3, -0.25) is 4.79 Å². The molecule has 1 aliphatic carbocycles. The van der Waals surface area contributed by atoms with Gasteiger partial charge in [0.2, 0.25) is 5.91 Å². The molecular weight excluding hydrogens is 248 g/mol. The van der Waals surface area contributed by atoms with Crippen LogP contribution in [0.1, 0.15) is 66.2 Å². The van der Waals surface area contributed by atoms with Gasteiger partial charge in [0.05, 0.1) is 5.92 Å². The molecule has 0 saturated heterocycles. The Hall–Kier alpha value is -0.570. The maximum Gasteiger partial charge on any atom is 0.224 e. The Morgan fingerprint density at radius 1 is 1.20 bits per heavy atom. The van der Waals surface area contributed by atoms with Crippen molar-refractivity contribution < 1.29 is 4.79 Å². The zero-order valence-electron chi connectivity index (χ0n) is 13.9. The van der Waals surface area contributed by atoms with Crippen LogP contribution >= 0.6 is 0 Å². The van der Waals surface area contributed by atoms with Gasteiger partial charge in [-0.15, -0.1) is 0 Å². The van der Waals surface area contributed by atoms with Crippen LogP contribution in [0.2, 0.25) is 0 Å². The molecule has 1 unspecified atom stereocenters. The second-order valence-corrected chi connectivity index (χ2v) is 7.74. The van der Waals surface area contributed by atoms with E-state index in [0.717, 1.165) is 18.9 Å². The molecular formula is C17H34N2O. The Morgan fingerprint density at radius 3 is 2.20 bits per heavy atom. The highest BCUT2D eigenvalue weighted by atomic mass is 16.1. The van der Waals surface area contributed by atoms with Crippen molar-refractivity contribution in [1.29, 1.82) is 0 Å². The molecule has 0 aliphatic heterocycles. The largest absolute Gasteiger partial charge is 0.356 e. The Balaban J connectivity index is 2.31. The van der Waals surface area contributed by atoms with Crippen LogP contribution in [0, 0.1) is 23.2 Å². The number of carbonyl (C=O) groups is 1. The van der Waals surface area contributed by atoms with Gasteiger partial charge in [-0.1, -0.05) is 47.0 Å². The lowest BCUT2D eigenvalue weighted by Crippen LogP contribution is -2.39. The second-order valence-electron chi connectivity index (χ2n) is 7.74. The van der Waals surface area contributed by atoms with Crippen LogP contribution in [0.25, 0.3) is 0 Å². The molecule has 3 heteroatoms. The Labute approximate surface area is 125 Å². The minimum absolute atomic E-state index is 0.0398. The highest BCUT2D eigenvalue weighted by molar-refractivity contribution is 5.78. The summed E-state index contributed by atoms with van der Waals surface area (Å²) in [7, 11) is 0. The van der Waals surface area contributed by atoms with Crippen molar-refractivity contribution in [3.63, 3.8) is 0 Å². The van der Waals surface area contributed by atoms with E-state index < -0.39 is 0 Å². The van der Waals surface area contributed by atoms with E-state index in [1.165, 1.54) is 32.1 Å². The molecule has 0 heterocycles. The summed E-state index contributed by atoms with van der Waals surface area (Å²) in [6.07, 6.45) is 7.37. The van der Waals surface area contributed by atoms with E-state index in [9.17, 15) is 4.79 Å². The number of amides is 1. The molecule has 1 aliphatic rings. The Kier molecular flexibility index (Phi) is 7.01. The van der Waals surface area contributed by atoms with Crippen molar-refractivity contribution >= 4 is 5.91 Å². The molecule has 0 aromatic heterocycles. The van der Waals surface area contributed by atoms with Crippen LogP contribution in [0.15, 0.2) is 0 Å². The van der Waals surface area contributed by atoms with Gasteiger partial charge in [0, 0.05) is 13.1 Å². The first-order valence-electron chi connectivity index (χ1n) is 8.33. The first-order chi connectivity index (χ1) is 9.35. The maximum atomic E-state index is 12.2. The summed E-state index contributed by atoms with van der Waals surface area (Å²) < 4.78 is 0. The molecule has 1 saturated carbocycles. The molecule has 1 fully saturated rings. The summed E-state index contributed by atoms with van der Waals surface area (Å²) in [4.78, 5) is 12.2. The lowest BCUT2D eigenvalue weighted by Gasteiger charge is -2.29. The number of carbonyl (C=O) groups excluding carboxylic acids is 1. The summed E-state index contributed by atoms with van der Waals surface area (Å²) >= 11 is 0. The van der Waals surface area contributed by atoms with Gasteiger partial charge in [0.25, 0.3) is 0 Å². The van der Waals surface area contributed by atoms with E-state index >= 15 is 0 Å². The minimum Gasteiger partial charge on any atom is -0.356 e. The van der Waals surface area contributed by atoms with E-state index in [2.05, 4.69) is 33.0 Å². The van der Waals surface area contributed by atoms with Crippen molar-refractivity contribution in [3.05, 3.63) is 0 Å². The first-order valence-corrected chi connectivity index (χ1v) is 8.33. The molecule has 0 aromatic carbocycles. The normalized spacial score (nSPS) is 25.2. The van der Waals surface area contributed by atoms with Gasteiger partial charge >= 0.3 is 0 Å². The molecule has 3 N–H and O–H groups in total. The first kappa shape index (κ1) is 17.5. The molecule has 0 radical (unpaired) electrons. The summed E-state index contributed by atoms with van der Waals surface area (Å²) in [5.74, 6) is 1.71. The number of rotatable bonds is 6. The molecule has 20 heavy (non-hydrogen) atoms. The molecule has 0 bridgehead atoms. The summed E-state index contributed by atoms with van der Waals surface area (Å²) in [5.41, 5.74) is 5.92. The second kappa shape index (κ2) is 8.02. The van der Waals surface area contributed by atoms with Crippen molar-refractivity contribution in [3.8, 4) is 0 Å². The summed E-state index contributed by atoms with van der Waals surface area (Å²) in [6.45, 7) is 10.1. The number of nitrogens with one attached hydrogen (secondary N) is 1. The number of nitrogens with two attached hydrogens (primary N) is 1. The SMILES string of the molecule is CCC1CCC(CNC(=O)C(CN)CC(C)(C)C)CC1. The molecule has 1 rings (SSSR count). The van der Waals surface area contributed by atoms with Gasteiger partial charge in [-0.25, -0.2) is 0 Å². The lowest BCUT2D eigenvalue weighted by atomic mass is 9.80. The average Bonchev–Trinajstić information content (AvgIpc) is 2.41. The van der Waals surface area contributed by atoms with Gasteiger partial charge in [-0.2, -0.15) is 0 Å². The molecule has 1 atom stereocenters. The van der Waals surface area contributed by atoms with Crippen LogP contribution in [0.5, 0.6) is 0 Å². The highest BCUT2D eigenvalue weighted by Gasteiger charge is 2.25. The van der Waals surface area contributed by atoms with Gasteiger partial charge in [0.1, 0.15) is 0 Å². The predicted octanol–water partition coefficient (Wildman–Crippen LogP) is 3.33. The molecule has 0 aromatic rings. The van der Waals surface area contributed by atoms with Gasteiger partial charge in [-0.05, 0) is 36.5 Å². The number of hydrogen-bond donors (Lipinski definition) is 2. The fourth-order valence-corrected chi connectivity index (χ4v) is 3.26. The summed E-state index contributed by atoms with van der Waals surface area (Å²) in [6, 6.07) is 0. The fraction of sp³-hybridized carbons (Fsp3) is 0.941. The third-order valence-corrected chi connectivity index (χ3v) is 4.62. The molecule has 0 spiro atoms. The zero-order valence-corrected chi connectivity index (χ0v) is 13.9. The van der Waals surface area contributed by atoms with E-state index in [-0.39, 0.29) is 17.2 Å². The van der Waals surface area contributed by atoms with E-state index in [1.807, 2.05) is 0 Å². The van der Waals surface area contributed by atoms with Crippen molar-refractivity contribution in [2.24, 2.45) is 28.9 Å². The molecule has 118 valence electrons. The number of hydrogen-bond acceptors (Lipinski definition) is 2. The third kappa shape index (κ3) is 6.25. The van der Waals surface area contributed by atoms with Crippen molar-refractivity contribution in [2.75, 3.05) is 13.1 Å². The molecule has 3 nitrogen and oxygen atoms in total. The highest BCUT2D eigenvalue weighted by Crippen LogP contribution is 2.30. The van der Waals surface area contributed by atoms with Crippen LogP contribution < -0.4 is 11.1 Å². The van der Waals surface area contributed by atoms with Crippen LogP contribution in [0.4, 0.5) is 0 Å². The monoisotopic (exact) mass is 282 g/mol. The fourth-order valence-electron chi connectivity index (χ4n) is 3.26. The van der Waals surface area contributed by atoms with Crippen LogP contribution in [0.3, 0.4) is 0 Å². The van der Waals surface area contributed by atoms with E-state index in [4.69, 9.17) is 5.73 Å². The third-order valence-electron chi connectivity index (χ3n) is 4.62. The van der Waals surface area contributed by atoms with Crippen molar-refractivity contribution in [2.45, 2.75) is 66.2 Å². The maximum absolute atomic E-state index is 12.2. The quantitative estimate of drug-likeness (QED) is 0.785. The van der Waals surface area contributed by atoms with Crippen LogP contribution in [-0.4, -0.2) is 19.0 Å². The minimum atomic E-state index is -0.0398. The Bertz CT molecular complexity index is 288.